The summed E-state index contributed by atoms with van der Waals surface area (Å²) in [5.41, 5.74) is 0.0944. The van der Waals surface area contributed by atoms with Crippen molar-refractivity contribution in [3.8, 4) is 0 Å². The van der Waals surface area contributed by atoms with Gasteiger partial charge in [-0.2, -0.15) is 0 Å². The molecule has 1 heterocycles. The molecule has 98 valence electrons. The Morgan fingerprint density at radius 2 is 2.11 bits per heavy atom. The van der Waals surface area contributed by atoms with Crippen LogP contribution in [0.5, 0.6) is 0 Å². The zero-order valence-corrected chi connectivity index (χ0v) is 11.8. The van der Waals surface area contributed by atoms with Gasteiger partial charge in [0, 0.05) is 11.0 Å². The molecule has 0 aliphatic rings. The molecule has 0 saturated heterocycles. The third-order valence-corrected chi connectivity index (χ3v) is 3.40. The van der Waals surface area contributed by atoms with Gasteiger partial charge in [-0.05, 0) is 43.9 Å². The molecular weight excluding hydrogens is 250 g/mol. The molecule has 0 spiro atoms. The Morgan fingerprint density at radius 3 is 2.61 bits per heavy atom. The zero-order valence-electron chi connectivity index (χ0n) is 10.9. The smallest absolute Gasteiger partial charge is 0.330 e. The van der Waals surface area contributed by atoms with Gasteiger partial charge in [-0.25, -0.2) is 4.79 Å². The van der Waals surface area contributed by atoms with E-state index in [-0.39, 0.29) is 5.91 Å². The molecule has 0 saturated carbocycles. The first kappa shape index (κ1) is 14.4. The summed E-state index contributed by atoms with van der Waals surface area (Å²) < 4.78 is 4.61. The predicted octanol–water partition coefficient (Wildman–Crippen LogP) is 2.14. The minimum atomic E-state index is -1.03. The van der Waals surface area contributed by atoms with Crippen molar-refractivity contribution in [3.63, 3.8) is 0 Å². The van der Waals surface area contributed by atoms with Crippen molar-refractivity contribution in [2.45, 2.75) is 26.3 Å². The van der Waals surface area contributed by atoms with E-state index in [0.29, 0.717) is 0 Å². The van der Waals surface area contributed by atoms with Crippen LogP contribution in [0, 0.1) is 6.92 Å². The highest BCUT2D eigenvalue weighted by molar-refractivity contribution is 7.11. The normalized spacial score (nSPS) is 11.6. The highest BCUT2D eigenvalue weighted by atomic mass is 32.1. The lowest BCUT2D eigenvalue weighted by Crippen LogP contribution is -2.49. The molecule has 1 rings (SSSR count). The highest BCUT2D eigenvalue weighted by Gasteiger charge is 2.29. The van der Waals surface area contributed by atoms with Crippen molar-refractivity contribution >= 4 is 29.3 Å². The van der Waals surface area contributed by atoms with E-state index in [0.717, 1.165) is 10.4 Å². The highest BCUT2D eigenvalue weighted by Crippen LogP contribution is 2.17. The van der Waals surface area contributed by atoms with Crippen molar-refractivity contribution in [3.05, 3.63) is 28.0 Å². The Balaban J connectivity index is 2.65. The van der Waals surface area contributed by atoms with Gasteiger partial charge in [0.05, 0.1) is 7.11 Å². The molecule has 1 amide bonds. The summed E-state index contributed by atoms with van der Waals surface area (Å²) in [7, 11) is 1.29. The first-order valence-corrected chi connectivity index (χ1v) is 6.37. The number of thiophene rings is 1. The van der Waals surface area contributed by atoms with Gasteiger partial charge in [0.15, 0.2) is 0 Å². The summed E-state index contributed by atoms with van der Waals surface area (Å²) in [6.07, 6.45) is 3.16. The minimum Gasteiger partial charge on any atom is -0.467 e. The predicted molar refractivity (Wildman–Crippen MR) is 72.3 cm³/mol. The topological polar surface area (TPSA) is 55.4 Å². The first-order chi connectivity index (χ1) is 8.36. The van der Waals surface area contributed by atoms with Gasteiger partial charge in [-0.1, -0.05) is 0 Å². The standard InChI is InChI=1S/C13H17NO3S/c1-9-7-8-18-10(9)5-6-11(15)14-13(2,3)12(16)17-4/h5-8H,1-4H3,(H,14,15)/b6-5+. The Labute approximate surface area is 111 Å². The first-order valence-electron chi connectivity index (χ1n) is 5.49. The van der Waals surface area contributed by atoms with E-state index in [1.807, 2.05) is 18.4 Å². The summed E-state index contributed by atoms with van der Waals surface area (Å²) in [6.45, 7) is 5.17. The molecule has 18 heavy (non-hydrogen) atoms. The van der Waals surface area contributed by atoms with Crippen LogP contribution >= 0.6 is 11.3 Å². The second-order valence-corrected chi connectivity index (χ2v) is 5.35. The second kappa shape index (κ2) is 5.82. The van der Waals surface area contributed by atoms with E-state index in [1.165, 1.54) is 13.2 Å². The molecule has 0 fully saturated rings. The maximum atomic E-state index is 11.7. The number of ether oxygens (including phenoxy) is 1. The third kappa shape index (κ3) is 3.70. The van der Waals surface area contributed by atoms with Crippen LogP contribution in [0.25, 0.3) is 6.08 Å². The summed E-state index contributed by atoms with van der Waals surface area (Å²) in [5.74, 6) is -0.797. The summed E-state index contributed by atoms with van der Waals surface area (Å²) in [4.78, 5) is 24.1. The van der Waals surface area contributed by atoms with Crippen LogP contribution in [0.2, 0.25) is 0 Å². The molecule has 0 aliphatic heterocycles. The van der Waals surface area contributed by atoms with Gasteiger partial charge in [-0.3, -0.25) is 4.79 Å². The third-order valence-electron chi connectivity index (χ3n) is 2.42. The fourth-order valence-electron chi connectivity index (χ4n) is 1.36. The molecule has 4 nitrogen and oxygen atoms in total. The maximum Gasteiger partial charge on any atom is 0.330 e. The largest absolute Gasteiger partial charge is 0.467 e. The molecule has 0 atom stereocenters. The molecular formula is C13H17NO3S. The van der Waals surface area contributed by atoms with Crippen LogP contribution in [-0.4, -0.2) is 24.5 Å². The number of esters is 1. The SMILES string of the molecule is COC(=O)C(C)(C)NC(=O)/C=C/c1sccc1C. The molecule has 0 bridgehead atoms. The lowest BCUT2D eigenvalue weighted by atomic mass is 10.1. The average Bonchev–Trinajstić information content (AvgIpc) is 2.70. The lowest BCUT2D eigenvalue weighted by Gasteiger charge is -2.21. The van der Waals surface area contributed by atoms with Gasteiger partial charge in [0.1, 0.15) is 5.54 Å². The molecule has 0 radical (unpaired) electrons. The Hall–Kier alpha value is -1.62. The Kier molecular flexibility index (Phi) is 4.67. The van der Waals surface area contributed by atoms with Crippen LogP contribution in [0.4, 0.5) is 0 Å². The van der Waals surface area contributed by atoms with E-state index >= 15 is 0 Å². The van der Waals surface area contributed by atoms with E-state index in [9.17, 15) is 9.59 Å². The van der Waals surface area contributed by atoms with E-state index < -0.39 is 11.5 Å². The number of aryl methyl sites for hydroxylation is 1. The molecule has 5 heteroatoms. The second-order valence-electron chi connectivity index (χ2n) is 4.41. The van der Waals surface area contributed by atoms with Gasteiger partial charge >= 0.3 is 5.97 Å². The van der Waals surface area contributed by atoms with Crippen molar-refractivity contribution in [1.82, 2.24) is 5.32 Å². The fourth-order valence-corrected chi connectivity index (χ4v) is 2.18. The maximum absolute atomic E-state index is 11.7. The van der Waals surface area contributed by atoms with Crippen LogP contribution in [0.1, 0.15) is 24.3 Å². The van der Waals surface area contributed by atoms with Gasteiger partial charge < -0.3 is 10.1 Å². The van der Waals surface area contributed by atoms with Gasteiger partial charge in [-0.15, -0.1) is 11.3 Å². The van der Waals surface area contributed by atoms with Crippen molar-refractivity contribution in [2.24, 2.45) is 0 Å². The number of methoxy groups -OCH3 is 1. The van der Waals surface area contributed by atoms with E-state index in [1.54, 1.807) is 31.3 Å². The van der Waals surface area contributed by atoms with Gasteiger partial charge in [0.25, 0.3) is 0 Å². The Bertz CT molecular complexity index is 474. The quantitative estimate of drug-likeness (QED) is 0.671. The van der Waals surface area contributed by atoms with Crippen LogP contribution in [0.15, 0.2) is 17.5 Å². The number of hydrogen-bond donors (Lipinski definition) is 1. The number of hydrogen-bond acceptors (Lipinski definition) is 4. The molecule has 1 aromatic heterocycles. The summed E-state index contributed by atoms with van der Waals surface area (Å²) >= 11 is 1.56. The average molecular weight is 267 g/mol. The van der Waals surface area contributed by atoms with E-state index in [2.05, 4.69) is 10.1 Å². The minimum absolute atomic E-state index is 0.321. The molecule has 0 aliphatic carbocycles. The number of nitrogens with one attached hydrogen (secondary N) is 1. The number of amides is 1. The summed E-state index contributed by atoms with van der Waals surface area (Å²) in [6, 6.07) is 1.99. The summed E-state index contributed by atoms with van der Waals surface area (Å²) in [5, 5.41) is 4.56. The molecule has 1 aromatic rings. The fraction of sp³-hybridized carbons (Fsp3) is 0.385. The number of carbonyl (C=O) groups excluding carboxylic acids is 2. The number of rotatable bonds is 4. The Morgan fingerprint density at radius 1 is 1.44 bits per heavy atom. The van der Waals surface area contributed by atoms with Gasteiger partial charge in [0.2, 0.25) is 5.91 Å². The van der Waals surface area contributed by atoms with E-state index in [4.69, 9.17) is 0 Å². The van der Waals surface area contributed by atoms with Crippen LogP contribution in [0.3, 0.4) is 0 Å². The number of carbonyl (C=O) groups is 2. The lowest BCUT2D eigenvalue weighted by molar-refractivity contribution is -0.148. The molecule has 1 N–H and O–H groups in total. The van der Waals surface area contributed by atoms with Crippen molar-refractivity contribution in [2.75, 3.05) is 7.11 Å². The molecule has 0 aromatic carbocycles. The van der Waals surface area contributed by atoms with Crippen LogP contribution in [-0.2, 0) is 14.3 Å². The monoisotopic (exact) mass is 267 g/mol. The van der Waals surface area contributed by atoms with Crippen LogP contribution < -0.4 is 5.32 Å². The van der Waals surface area contributed by atoms with Crippen molar-refractivity contribution in [1.29, 1.82) is 0 Å². The zero-order chi connectivity index (χ0) is 13.8. The van der Waals surface area contributed by atoms with Crippen molar-refractivity contribution < 1.29 is 14.3 Å². The molecule has 0 unspecified atom stereocenters.